The number of halogens is 3. The molecule has 1 atom stereocenters. The summed E-state index contributed by atoms with van der Waals surface area (Å²) < 4.78 is 40.5. The third kappa shape index (κ3) is 4.85. The Labute approximate surface area is 174 Å². The maximum atomic E-state index is 13.3. The fourth-order valence-electron chi connectivity index (χ4n) is 3.23. The zero-order valence-corrected chi connectivity index (χ0v) is 16.2. The lowest BCUT2D eigenvalue weighted by molar-refractivity contribution is -0.138. The normalized spacial score (nSPS) is 12.4. The van der Waals surface area contributed by atoms with Gasteiger partial charge in [0.1, 0.15) is 5.69 Å². The standard InChI is InChI=1S/C21H18F3N3O4/c1-12-6-2-3-7-13(12)15(11-19(29)30)25-20(31)16-10-18(28)27(26-16)17-9-5-4-8-14(17)21(22,23)24/h2-10,15,26H,11H2,1H3,(H,25,31)(H,29,30)/t15-/m0/s1. The molecule has 0 radical (unpaired) electrons. The van der Waals surface area contributed by atoms with Crippen molar-refractivity contribution in [3.63, 3.8) is 0 Å². The molecule has 10 heteroatoms. The maximum Gasteiger partial charge on any atom is 0.418 e. The average molecular weight is 433 g/mol. The van der Waals surface area contributed by atoms with Gasteiger partial charge in [-0.25, -0.2) is 4.68 Å². The number of rotatable bonds is 6. The van der Waals surface area contributed by atoms with Gasteiger partial charge in [0.15, 0.2) is 0 Å². The molecule has 0 aliphatic carbocycles. The van der Waals surface area contributed by atoms with Crippen molar-refractivity contribution in [2.45, 2.75) is 25.6 Å². The first-order valence-electron chi connectivity index (χ1n) is 9.14. The number of aromatic nitrogens is 2. The van der Waals surface area contributed by atoms with Gasteiger partial charge in [-0.15, -0.1) is 0 Å². The molecule has 0 aliphatic heterocycles. The van der Waals surface area contributed by atoms with Crippen LogP contribution in [0.5, 0.6) is 0 Å². The first kappa shape index (κ1) is 21.9. The van der Waals surface area contributed by atoms with Crippen molar-refractivity contribution < 1.29 is 27.9 Å². The van der Waals surface area contributed by atoms with Gasteiger partial charge in [0.05, 0.1) is 23.7 Å². The molecule has 0 saturated heterocycles. The predicted octanol–water partition coefficient (Wildman–Crippen LogP) is 3.44. The van der Waals surface area contributed by atoms with Gasteiger partial charge < -0.3 is 10.4 Å². The minimum Gasteiger partial charge on any atom is -0.481 e. The number of amides is 1. The summed E-state index contributed by atoms with van der Waals surface area (Å²) in [5.74, 6) is -1.98. The zero-order valence-electron chi connectivity index (χ0n) is 16.2. The third-order valence-electron chi connectivity index (χ3n) is 4.66. The smallest absolute Gasteiger partial charge is 0.418 e. The van der Waals surface area contributed by atoms with Crippen LogP contribution in [0.15, 0.2) is 59.4 Å². The number of carboxylic acids is 1. The molecule has 0 fully saturated rings. The Bertz CT molecular complexity index is 1180. The van der Waals surface area contributed by atoms with Crippen molar-refractivity contribution >= 4 is 11.9 Å². The minimum atomic E-state index is -4.71. The van der Waals surface area contributed by atoms with Crippen molar-refractivity contribution in [1.29, 1.82) is 0 Å². The number of nitrogens with one attached hydrogen (secondary N) is 2. The number of alkyl halides is 3. The highest BCUT2D eigenvalue weighted by Crippen LogP contribution is 2.33. The molecule has 31 heavy (non-hydrogen) atoms. The molecule has 1 amide bonds. The van der Waals surface area contributed by atoms with Gasteiger partial charge in [0.2, 0.25) is 0 Å². The topological polar surface area (TPSA) is 104 Å². The Morgan fingerprint density at radius 2 is 1.77 bits per heavy atom. The second kappa shape index (κ2) is 8.50. The van der Waals surface area contributed by atoms with E-state index in [9.17, 15) is 32.7 Å². The van der Waals surface area contributed by atoms with E-state index in [4.69, 9.17) is 0 Å². The van der Waals surface area contributed by atoms with E-state index in [1.807, 2.05) is 0 Å². The van der Waals surface area contributed by atoms with Crippen LogP contribution in [0.4, 0.5) is 13.2 Å². The summed E-state index contributed by atoms with van der Waals surface area (Å²) in [6, 6.07) is 11.3. The molecule has 0 unspecified atom stereocenters. The number of aryl methyl sites for hydroxylation is 1. The summed E-state index contributed by atoms with van der Waals surface area (Å²) >= 11 is 0. The molecule has 2 aromatic carbocycles. The van der Waals surface area contributed by atoms with Crippen LogP contribution < -0.4 is 10.9 Å². The Balaban J connectivity index is 1.95. The monoisotopic (exact) mass is 433 g/mol. The number of aliphatic carboxylic acids is 1. The highest BCUT2D eigenvalue weighted by atomic mass is 19.4. The average Bonchev–Trinajstić information content (AvgIpc) is 3.08. The molecule has 162 valence electrons. The lowest BCUT2D eigenvalue weighted by atomic mass is 9.98. The SMILES string of the molecule is Cc1ccccc1[C@H](CC(=O)O)NC(=O)c1cc(=O)n(-c2ccccc2C(F)(F)F)[nH]1. The van der Waals surface area contributed by atoms with Gasteiger partial charge in [0, 0.05) is 6.07 Å². The molecule has 0 spiro atoms. The lowest BCUT2D eigenvalue weighted by Crippen LogP contribution is -2.31. The Morgan fingerprint density at radius 3 is 2.42 bits per heavy atom. The summed E-state index contributed by atoms with van der Waals surface area (Å²) in [5.41, 5.74) is -1.35. The number of aromatic amines is 1. The van der Waals surface area contributed by atoms with Crippen LogP contribution in [0.1, 0.15) is 39.6 Å². The predicted molar refractivity (Wildman–Crippen MR) is 105 cm³/mol. The van der Waals surface area contributed by atoms with Gasteiger partial charge in [-0.05, 0) is 30.2 Å². The number of benzene rings is 2. The van der Waals surface area contributed by atoms with Gasteiger partial charge in [-0.1, -0.05) is 36.4 Å². The molecule has 0 saturated carbocycles. The molecule has 3 rings (SSSR count). The zero-order chi connectivity index (χ0) is 22.8. The Morgan fingerprint density at radius 1 is 1.13 bits per heavy atom. The van der Waals surface area contributed by atoms with E-state index < -0.39 is 47.3 Å². The second-order valence-electron chi connectivity index (χ2n) is 6.84. The van der Waals surface area contributed by atoms with Crippen LogP contribution in [0.3, 0.4) is 0 Å². The van der Waals surface area contributed by atoms with E-state index in [0.717, 1.165) is 23.8 Å². The number of hydrogen-bond acceptors (Lipinski definition) is 3. The van der Waals surface area contributed by atoms with E-state index in [1.54, 1.807) is 31.2 Å². The molecule has 1 heterocycles. The molecular formula is C21H18F3N3O4. The number of nitrogens with zero attached hydrogens (tertiary/aromatic N) is 1. The first-order chi connectivity index (χ1) is 14.6. The van der Waals surface area contributed by atoms with E-state index in [2.05, 4.69) is 10.4 Å². The largest absolute Gasteiger partial charge is 0.481 e. The molecule has 7 nitrogen and oxygen atoms in total. The van der Waals surface area contributed by atoms with E-state index in [-0.39, 0.29) is 5.69 Å². The molecule has 0 bridgehead atoms. The van der Waals surface area contributed by atoms with E-state index in [0.29, 0.717) is 10.2 Å². The van der Waals surface area contributed by atoms with Crippen molar-refractivity contribution in [1.82, 2.24) is 15.1 Å². The number of hydrogen-bond donors (Lipinski definition) is 3. The van der Waals surface area contributed by atoms with Gasteiger partial charge in [-0.3, -0.25) is 19.5 Å². The van der Waals surface area contributed by atoms with Crippen LogP contribution in [0, 0.1) is 6.92 Å². The second-order valence-corrected chi connectivity index (χ2v) is 6.84. The fourth-order valence-corrected chi connectivity index (χ4v) is 3.23. The number of para-hydroxylation sites is 1. The highest BCUT2D eigenvalue weighted by molar-refractivity contribution is 5.92. The summed E-state index contributed by atoms with van der Waals surface area (Å²) in [7, 11) is 0. The highest BCUT2D eigenvalue weighted by Gasteiger charge is 2.34. The minimum absolute atomic E-state index is 0.300. The Kier molecular flexibility index (Phi) is 6.00. The molecule has 0 aliphatic rings. The van der Waals surface area contributed by atoms with Crippen LogP contribution in [0.25, 0.3) is 5.69 Å². The lowest BCUT2D eigenvalue weighted by Gasteiger charge is -2.19. The van der Waals surface area contributed by atoms with Crippen molar-refractivity contribution in [2.24, 2.45) is 0 Å². The third-order valence-corrected chi connectivity index (χ3v) is 4.66. The molecular weight excluding hydrogens is 415 g/mol. The van der Waals surface area contributed by atoms with E-state index >= 15 is 0 Å². The number of carboxylic acid groups (broad SMARTS) is 1. The van der Waals surface area contributed by atoms with Crippen molar-refractivity contribution in [2.75, 3.05) is 0 Å². The van der Waals surface area contributed by atoms with Crippen LogP contribution in [-0.4, -0.2) is 26.8 Å². The van der Waals surface area contributed by atoms with Crippen LogP contribution in [0.2, 0.25) is 0 Å². The first-order valence-corrected chi connectivity index (χ1v) is 9.14. The molecule has 3 N–H and O–H groups in total. The van der Waals surface area contributed by atoms with Crippen molar-refractivity contribution in [3.05, 3.63) is 87.3 Å². The number of carbonyl (C=O) groups excluding carboxylic acids is 1. The van der Waals surface area contributed by atoms with Crippen LogP contribution >= 0.6 is 0 Å². The van der Waals surface area contributed by atoms with Gasteiger partial charge in [0.25, 0.3) is 11.5 Å². The molecule has 1 aromatic heterocycles. The summed E-state index contributed by atoms with van der Waals surface area (Å²) in [6.07, 6.45) is -5.13. The van der Waals surface area contributed by atoms with Crippen LogP contribution in [-0.2, 0) is 11.0 Å². The van der Waals surface area contributed by atoms with Crippen molar-refractivity contribution in [3.8, 4) is 5.69 Å². The summed E-state index contributed by atoms with van der Waals surface area (Å²) in [4.78, 5) is 36.3. The summed E-state index contributed by atoms with van der Waals surface area (Å²) in [5, 5.41) is 14.1. The Hall–Kier alpha value is -3.82. The number of H-pyrrole nitrogens is 1. The number of carbonyl (C=O) groups is 2. The molecule has 3 aromatic rings. The quantitative estimate of drug-likeness (QED) is 0.554. The summed E-state index contributed by atoms with van der Waals surface area (Å²) in [6.45, 7) is 1.75. The maximum absolute atomic E-state index is 13.3. The van der Waals surface area contributed by atoms with Gasteiger partial charge >= 0.3 is 12.1 Å². The van der Waals surface area contributed by atoms with E-state index in [1.165, 1.54) is 12.1 Å². The fraction of sp³-hybridized carbons (Fsp3) is 0.190. The van der Waals surface area contributed by atoms with Gasteiger partial charge in [-0.2, -0.15) is 13.2 Å².